The molecule has 0 spiro atoms. The van der Waals surface area contributed by atoms with Crippen molar-refractivity contribution in [1.82, 2.24) is 15.3 Å². The molecule has 0 radical (unpaired) electrons. The van der Waals surface area contributed by atoms with Crippen molar-refractivity contribution in [2.75, 3.05) is 11.9 Å². The SMILES string of the molecule is C[C@@H]1NCCC[C@H]1c1cc2c(Nc3c(F)cc4scnc4c3F)c(F)cnc2s1. The van der Waals surface area contributed by atoms with E-state index >= 15 is 0 Å². The Labute approximate surface area is 172 Å². The molecule has 29 heavy (non-hydrogen) atoms. The van der Waals surface area contributed by atoms with E-state index in [1.54, 1.807) is 0 Å². The third kappa shape index (κ3) is 3.17. The number of thiophene rings is 1. The van der Waals surface area contributed by atoms with Crippen molar-refractivity contribution in [2.24, 2.45) is 0 Å². The molecule has 9 heteroatoms. The molecule has 5 rings (SSSR count). The van der Waals surface area contributed by atoms with Gasteiger partial charge in [-0.05, 0) is 38.4 Å². The normalized spacial score (nSPS) is 19.9. The first-order valence-corrected chi connectivity index (χ1v) is 11.0. The molecule has 1 aliphatic heterocycles. The van der Waals surface area contributed by atoms with Crippen LogP contribution in [0.25, 0.3) is 20.4 Å². The van der Waals surface area contributed by atoms with Crippen LogP contribution in [-0.4, -0.2) is 22.6 Å². The van der Waals surface area contributed by atoms with Crippen molar-refractivity contribution in [3.63, 3.8) is 0 Å². The third-order valence-electron chi connectivity index (χ3n) is 5.43. The van der Waals surface area contributed by atoms with Gasteiger partial charge >= 0.3 is 0 Å². The molecular formula is C20H17F3N4S2. The van der Waals surface area contributed by atoms with Crippen LogP contribution in [0.15, 0.2) is 23.8 Å². The largest absolute Gasteiger partial charge is 0.348 e. The van der Waals surface area contributed by atoms with Crippen molar-refractivity contribution in [3.8, 4) is 0 Å². The van der Waals surface area contributed by atoms with Gasteiger partial charge in [-0.3, -0.25) is 0 Å². The summed E-state index contributed by atoms with van der Waals surface area (Å²) in [4.78, 5) is 9.87. The van der Waals surface area contributed by atoms with Gasteiger partial charge in [0.25, 0.3) is 0 Å². The zero-order valence-corrected chi connectivity index (χ0v) is 17.1. The van der Waals surface area contributed by atoms with Crippen molar-refractivity contribution >= 4 is 54.5 Å². The molecule has 2 N–H and O–H groups in total. The summed E-state index contributed by atoms with van der Waals surface area (Å²) in [5, 5.41) is 6.64. The molecule has 0 bridgehead atoms. The Morgan fingerprint density at radius 2 is 2.00 bits per heavy atom. The lowest BCUT2D eigenvalue weighted by Gasteiger charge is -2.29. The molecule has 1 aromatic carbocycles. The fraction of sp³-hybridized carbons (Fsp3) is 0.300. The molecule has 0 aliphatic carbocycles. The minimum absolute atomic E-state index is 0.0290. The van der Waals surface area contributed by atoms with Crippen LogP contribution < -0.4 is 10.6 Å². The van der Waals surface area contributed by atoms with Crippen LogP contribution in [0, 0.1) is 17.5 Å². The molecule has 1 fully saturated rings. The van der Waals surface area contributed by atoms with Gasteiger partial charge in [0, 0.05) is 22.2 Å². The van der Waals surface area contributed by atoms with Gasteiger partial charge in [0.1, 0.15) is 16.0 Å². The van der Waals surface area contributed by atoms with Gasteiger partial charge in [0.05, 0.1) is 22.1 Å². The van der Waals surface area contributed by atoms with Gasteiger partial charge in [-0.1, -0.05) is 0 Å². The van der Waals surface area contributed by atoms with E-state index in [4.69, 9.17) is 0 Å². The molecule has 150 valence electrons. The van der Waals surface area contributed by atoms with Crippen molar-refractivity contribution in [1.29, 1.82) is 0 Å². The molecule has 1 aliphatic rings. The number of halogens is 3. The summed E-state index contributed by atoms with van der Waals surface area (Å²) in [5.74, 6) is -1.97. The Morgan fingerprint density at radius 1 is 1.14 bits per heavy atom. The smallest absolute Gasteiger partial charge is 0.176 e. The first-order chi connectivity index (χ1) is 14.0. The molecule has 0 unspecified atom stereocenters. The fourth-order valence-electron chi connectivity index (χ4n) is 3.90. The van der Waals surface area contributed by atoms with Crippen LogP contribution in [-0.2, 0) is 0 Å². The molecule has 4 nitrogen and oxygen atoms in total. The number of hydrogen-bond donors (Lipinski definition) is 2. The molecule has 4 aromatic rings. The van der Waals surface area contributed by atoms with Crippen LogP contribution in [0.4, 0.5) is 24.5 Å². The summed E-state index contributed by atoms with van der Waals surface area (Å²) >= 11 is 2.65. The minimum Gasteiger partial charge on any atom is -0.348 e. The van der Waals surface area contributed by atoms with Gasteiger partial charge in [-0.2, -0.15) is 0 Å². The highest BCUT2D eigenvalue weighted by Gasteiger charge is 2.26. The monoisotopic (exact) mass is 434 g/mol. The summed E-state index contributed by atoms with van der Waals surface area (Å²) in [7, 11) is 0. The maximum Gasteiger partial charge on any atom is 0.176 e. The molecule has 0 amide bonds. The Balaban J connectivity index is 1.61. The predicted octanol–water partition coefficient (Wildman–Crippen LogP) is 5.92. The van der Waals surface area contributed by atoms with Crippen molar-refractivity contribution in [3.05, 3.63) is 46.2 Å². The fourth-order valence-corrected chi connectivity index (χ4v) is 5.85. The Bertz CT molecular complexity index is 1220. The quantitative estimate of drug-likeness (QED) is 0.420. The van der Waals surface area contributed by atoms with Gasteiger partial charge in [0.15, 0.2) is 17.5 Å². The van der Waals surface area contributed by atoms with Crippen LogP contribution in [0.1, 0.15) is 30.6 Å². The highest BCUT2D eigenvalue weighted by molar-refractivity contribution is 7.18. The number of nitrogens with zero attached hydrogens (tertiary/aromatic N) is 2. The zero-order valence-electron chi connectivity index (χ0n) is 15.4. The summed E-state index contributed by atoms with van der Waals surface area (Å²) in [6.07, 6.45) is 3.20. The van der Waals surface area contributed by atoms with E-state index in [0.29, 0.717) is 26.9 Å². The van der Waals surface area contributed by atoms with Gasteiger partial charge in [-0.25, -0.2) is 23.1 Å². The molecule has 0 saturated carbocycles. The Kier molecular flexibility index (Phi) is 4.68. The molecular weight excluding hydrogens is 417 g/mol. The van der Waals surface area contributed by atoms with Gasteiger partial charge in [0.2, 0.25) is 0 Å². The lowest BCUT2D eigenvalue weighted by molar-refractivity contribution is 0.375. The zero-order chi connectivity index (χ0) is 20.1. The summed E-state index contributed by atoms with van der Waals surface area (Å²) in [6, 6.07) is 3.41. The van der Waals surface area contributed by atoms with Crippen LogP contribution in [0.2, 0.25) is 0 Å². The Hall–Kier alpha value is -2.23. The lowest BCUT2D eigenvalue weighted by atomic mass is 9.90. The maximum atomic E-state index is 14.8. The summed E-state index contributed by atoms with van der Waals surface area (Å²) in [6.45, 7) is 3.12. The van der Waals surface area contributed by atoms with Crippen LogP contribution in [0.3, 0.4) is 0 Å². The number of anilines is 2. The van der Waals surface area contributed by atoms with Gasteiger partial charge in [-0.15, -0.1) is 22.7 Å². The highest BCUT2D eigenvalue weighted by Crippen LogP contribution is 2.40. The standard InChI is InChI=1S/C20H17F3N4S2/c1-9-10(3-2-4-24-9)14-5-11-17(13(22)7-25-20(11)29-14)27-18-12(21)6-15-19(16(18)23)26-8-28-15/h5-10,24H,2-4H2,1H3,(H,25,27)/t9-,10+/m0/s1. The van der Waals surface area contributed by atoms with E-state index in [1.807, 2.05) is 6.07 Å². The maximum absolute atomic E-state index is 14.8. The van der Waals surface area contributed by atoms with Crippen LogP contribution in [0.5, 0.6) is 0 Å². The summed E-state index contributed by atoms with van der Waals surface area (Å²) < 4.78 is 44.4. The second-order valence-electron chi connectivity index (χ2n) is 7.21. The van der Waals surface area contributed by atoms with E-state index in [0.717, 1.165) is 41.8 Å². The number of aromatic nitrogens is 2. The molecule has 1 saturated heterocycles. The molecule has 2 atom stereocenters. The number of benzene rings is 1. The number of pyridine rings is 1. The number of hydrogen-bond acceptors (Lipinski definition) is 6. The van der Waals surface area contributed by atoms with Gasteiger partial charge < -0.3 is 10.6 Å². The Morgan fingerprint density at radius 3 is 2.83 bits per heavy atom. The number of fused-ring (bicyclic) bond motifs is 2. The van der Waals surface area contributed by atoms with E-state index < -0.39 is 23.1 Å². The van der Waals surface area contributed by atoms with Crippen molar-refractivity contribution < 1.29 is 13.2 Å². The van der Waals surface area contributed by atoms with Crippen LogP contribution >= 0.6 is 22.7 Å². The first-order valence-electron chi connectivity index (χ1n) is 9.32. The first kappa shape index (κ1) is 18.8. The minimum atomic E-state index is -0.828. The summed E-state index contributed by atoms with van der Waals surface area (Å²) in [5.41, 5.74) is 1.14. The highest BCUT2D eigenvalue weighted by atomic mass is 32.1. The number of nitrogens with one attached hydrogen (secondary N) is 2. The number of rotatable bonds is 3. The molecule has 4 heterocycles. The van der Waals surface area contributed by atoms with E-state index in [2.05, 4.69) is 27.5 Å². The van der Waals surface area contributed by atoms with Crippen molar-refractivity contribution in [2.45, 2.75) is 31.7 Å². The average Bonchev–Trinajstić information content (AvgIpc) is 3.34. The van der Waals surface area contributed by atoms with E-state index in [1.165, 1.54) is 22.9 Å². The second-order valence-corrected chi connectivity index (χ2v) is 9.16. The second kappa shape index (κ2) is 7.23. The number of piperidine rings is 1. The third-order valence-corrected chi connectivity index (χ3v) is 7.38. The topological polar surface area (TPSA) is 49.8 Å². The predicted molar refractivity (Wildman–Crippen MR) is 112 cm³/mol. The lowest BCUT2D eigenvalue weighted by Crippen LogP contribution is -2.37. The van der Waals surface area contributed by atoms with E-state index in [-0.39, 0.29) is 11.2 Å². The van der Waals surface area contributed by atoms with E-state index in [9.17, 15) is 13.2 Å². The average molecular weight is 435 g/mol. The number of thiazole rings is 1. The molecule has 3 aromatic heterocycles.